The summed E-state index contributed by atoms with van der Waals surface area (Å²) in [7, 11) is 1.75. The van der Waals surface area contributed by atoms with E-state index in [1.807, 2.05) is 0 Å². The van der Waals surface area contributed by atoms with Crippen LogP contribution in [0.25, 0.3) is 11.1 Å². The Bertz CT molecular complexity index is 494. The van der Waals surface area contributed by atoms with Crippen molar-refractivity contribution in [2.24, 2.45) is 7.05 Å². The molecule has 2 heterocycles. The van der Waals surface area contributed by atoms with Gasteiger partial charge in [-0.3, -0.25) is 4.79 Å². The van der Waals surface area contributed by atoms with Crippen LogP contribution in [0, 0.1) is 0 Å². The van der Waals surface area contributed by atoms with Crippen LogP contribution in [0.2, 0.25) is 0 Å². The molecule has 0 unspecified atom stereocenters. The highest BCUT2D eigenvalue weighted by Gasteiger charge is 2.17. The van der Waals surface area contributed by atoms with Gasteiger partial charge in [-0.2, -0.15) is 0 Å². The van der Waals surface area contributed by atoms with Crippen LogP contribution in [0.1, 0.15) is 5.76 Å². The molecule has 2 N–H and O–H groups in total. The van der Waals surface area contributed by atoms with Gasteiger partial charge in [0.05, 0.1) is 0 Å². The van der Waals surface area contributed by atoms with Gasteiger partial charge in [0, 0.05) is 13.2 Å². The van der Waals surface area contributed by atoms with E-state index in [1.165, 1.54) is 0 Å². The lowest BCUT2D eigenvalue weighted by atomic mass is 10.3. The Labute approximate surface area is 79.2 Å². The largest absolute Gasteiger partial charge is 0.503 e. The van der Waals surface area contributed by atoms with Gasteiger partial charge in [0.1, 0.15) is 11.9 Å². The summed E-state index contributed by atoms with van der Waals surface area (Å²) in [5.41, 5.74) is 1.03. The average Bonchev–Trinajstić information content (AvgIpc) is 2.57. The fraction of sp³-hybridized carbons (Fsp3) is 0.222. The number of carbonyl (C=O) groups is 1. The summed E-state index contributed by atoms with van der Waals surface area (Å²) in [5, 5.41) is 18.2. The molecule has 0 aliphatic heterocycles. The number of fused-ring (bicyclic) bond motifs is 1. The summed E-state index contributed by atoms with van der Waals surface area (Å²) >= 11 is 0. The summed E-state index contributed by atoms with van der Waals surface area (Å²) in [4.78, 5) is 10.4. The monoisotopic (exact) mass is 195 g/mol. The van der Waals surface area contributed by atoms with Crippen molar-refractivity contribution in [3.8, 4) is 5.75 Å². The molecule has 0 aliphatic carbocycles. The zero-order valence-corrected chi connectivity index (χ0v) is 7.52. The van der Waals surface area contributed by atoms with E-state index >= 15 is 0 Å². The molecule has 74 valence electrons. The Morgan fingerprint density at radius 2 is 2.36 bits per heavy atom. The maximum atomic E-state index is 10.4. The molecule has 0 aliphatic rings. The zero-order chi connectivity index (χ0) is 10.3. The van der Waals surface area contributed by atoms with Crippen molar-refractivity contribution in [2.75, 3.05) is 0 Å². The number of aliphatic carboxylic acids is 1. The summed E-state index contributed by atoms with van der Waals surface area (Å²) in [5.74, 6) is -1.02. The second kappa shape index (κ2) is 2.80. The summed E-state index contributed by atoms with van der Waals surface area (Å²) < 4.78 is 6.86. The highest BCUT2D eigenvalue weighted by molar-refractivity contribution is 5.84. The molecule has 5 nitrogen and oxygen atoms in total. The Morgan fingerprint density at radius 1 is 1.64 bits per heavy atom. The number of carboxylic acids is 1. The van der Waals surface area contributed by atoms with E-state index < -0.39 is 5.97 Å². The van der Waals surface area contributed by atoms with Crippen LogP contribution in [-0.4, -0.2) is 20.7 Å². The molecule has 14 heavy (non-hydrogen) atoms. The van der Waals surface area contributed by atoms with Gasteiger partial charge in [-0.25, -0.2) is 0 Å². The quantitative estimate of drug-likeness (QED) is 0.752. The highest BCUT2D eigenvalue weighted by Crippen LogP contribution is 2.32. The van der Waals surface area contributed by atoms with E-state index in [9.17, 15) is 9.90 Å². The molecule has 0 bridgehead atoms. The normalized spacial score (nSPS) is 10.9. The lowest BCUT2D eigenvalue weighted by molar-refractivity contribution is -0.136. The maximum Gasteiger partial charge on any atom is 0.311 e. The lowest BCUT2D eigenvalue weighted by Gasteiger charge is -1.93. The Kier molecular flexibility index (Phi) is 1.73. The van der Waals surface area contributed by atoms with Gasteiger partial charge in [-0.05, 0) is 6.07 Å². The van der Waals surface area contributed by atoms with Gasteiger partial charge in [0.15, 0.2) is 17.1 Å². The van der Waals surface area contributed by atoms with E-state index in [1.54, 1.807) is 23.9 Å². The van der Waals surface area contributed by atoms with Crippen molar-refractivity contribution in [3.63, 3.8) is 0 Å². The first kappa shape index (κ1) is 8.68. The van der Waals surface area contributed by atoms with Crippen LogP contribution in [0.4, 0.5) is 0 Å². The molecular weight excluding hydrogens is 186 g/mol. The second-order valence-corrected chi connectivity index (χ2v) is 3.08. The van der Waals surface area contributed by atoms with Crippen molar-refractivity contribution in [3.05, 3.63) is 18.0 Å². The Balaban J connectivity index is 2.57. The molecule has 0 saturated heterocycles. The van der Waals surface area contributed by atoms with E-state index in [4.69, 9.17) is 9.52 Å². The first-order valence-electron chi connectivity index (χ1n) is 4.07. The van der Waals surface area contributed by atoms with E-state index in [2.05, 4.69) is 0 Å². The van der Waals surface area contributed by atoms with Crippen LogP contribution in [0.5, 0.6) is 5.75 Å². The molecule has 5 heteroatoms. The molecule has 0 atom stereocenters. The smallest absolute Gasteiger partial charge is 0.311 e. The number of hydrogen-bond acceptors (Lipinski definition) is 3. The number of carboxylic acid groups (broad SMARTS) is 1. The molecule has 0 fully saturated rings. The first-order chi connectivity index (χ1) is 6.59. The van der Waals surface area contributed by atoms with Gasteiger partial charge in [-0.15, -0.1) is 0 Å². The third kappa shape index (κ3) is 1.14. The molecule has 2 aromatic rings. The summed E-state index contributed by atoms with van der Waals surface area (Å²) in [6.45, 7) is 0. The maximum absolute atomic E-state index is 10.4. The van der Waals surface area contributed by atoms with E-state index in [0.717, 1.165) is 0 Å². The molecule has 0 saturated carbocycles. The number of aromatic nitrogens is 1. The topological polar surface area (TPSA) is 75.6 Å². The zero-order valence-electron chi connectivity index (χ0n) is 7.52. The van der Waals surface area contributed by atoms with Gasteiger partial charge in [0.2, 0.25) is 0 Å². The Hall–Kier alpha value is -1.91. The van der Waals surface area contributed by atoms with E-state index in [0.29, 0.717) is 11.1 Å². The predicted molar refractivity (Wildman–Crippen MR) is 48.2 cm³/mol. The van der Waals surface area contributed by atoms with Crippen LogP contribution >= 0.6 is 0 Å². The second-order valence-electron chi connectivity index (χ2n) is 3.08. The van der Waals surface area contributed by atoms with E-state index in [-0.39, 0.29) is 17.9 Å². The number of rotatable bonds is 2. The fourth-order valence-electron chi connectivity index (χ4n) is 1.44. The molecule has 0 spiro atoms. The van der Waals surface area contributed by atoms with Gasteiger partial charge < -0.3 is 19.2 Å². The van der Waals surface area contributed by atoms with Gasteiger partial charge >= 0.3 is 5.97 Å². The van der Waals surface area contributed by atoms with Crippen molar-refractivity contribution in [2.45, 2.75) is 6.42 Å². The minimum atomic E-state index is -1.03. The van der Waals surface area contributed by atoms with Crippen molar-refractivity contribution in [1.82, 2.24) is 4.57 Å². The summed E-state index contributed by atoms with van der Waals surface area (Å²) in [6, 6.07) is 1.68. The Morgan fingerprint density at radius 3 is 2.93 bits per heavy atom. The van der Waals surface area contributed by atoms with Crippen LogP contribution in [0.3, 0.4) is 0 Å². The molecule has 0 aromatic carbocycles. The lowest BCUT2D eigenvalue weighted by Crippen LogP contribution is -1.98. The van der Waals surface area contributed by atoms with Crippen molar-refractivity contribution >= 4 is 17.1 Å². The fourth-order valence-corrected chi connectivity index (χ4v) is 1.44. The molecule has 0 radical (unpaired) electrons. The number of furan rings is 1. The number of hydrogen-bond donors (Lipinski definition) is 2. The standard InChI is InChI=1S/C9H9NO4/c1-10-3-2-5-8(10)9(13)6(14-5)4-7(11)12/h2-3,13H,4H2,1H3,(H,11,12). The average molecular weight is 195 g/mol. The van der Waals surface area contributed by atoms with Crippen LogP contribution in [-0.2, 0) is 18.3 Å². The van der Waals surface area contributed by atoms with Crippen molar-refractivity contribution in [1.29, 1.82) is 0 Å². The number of aryl methyl sites for hydroxylation is 1. The summed E-state index contributed by atoms with van der Waals surface area (Å²) in [6.07, 6.45) is 1.43. The minimum absolute atomic E-state index is 0.0881. The molecule has 2 aromatic heterocycles. The molecule has 0 amide bonds. The van der Waals surface area contributed by atoms with Gasteiger partial charge in [0.25, 0.3) is 0 Å². The van der Waals surface area contributed by atoms with Gasteiger partial charge in [-0.1, -0.05) is 0 Å². The third-order valence-electron chi connectivity index (χ3n) is 2.07. The van der Waals surface area contributed by atoms with Crippen LogP contribution < -0.4 is 0 Å². The third-order valence-corrected chi connectivity index (χ3v) is 2.07. The molecular formula is C9H9NO4. The SMILES string of the molecule is Cn1ccc2oc(CC(=O)O)c(O)c21. The van der Waals surface area contributed by atoms with Crippen molar-refractivity contribution < 1.29 is 19.4 Å². The number of nitrogens with zero attached hydrogens (tertiary/aromatic N) is 1. The molecule has 2 rings (SSSR count). The highest BCUT2D eigenvalue weighted by atomic mass is 16.4. The first-order valence-corrected chi connectivity index (χ1v) is 4.07. The van der Waals surface area contributed by atoms with Crippen LogP contribution in [0.15, 0.2) is 16.7 Å². The predicted octanol–water partition coefficient (Wildman–Crippen LogP) is 1.10. The number of aromatic hydroxyl groups is 1. The minimum Gasteiger partial charge on any atom is -0.503 e.